The molecule has 0 bridgehead atoms. The van der Waals surface area contributed by atoms with E-state index in [9.17, 15) is 9.59 Å². The second kappa shape index (κ2) is 7.55. The molecule has 130 valence electrons. The first-order chi connectivity index (χ1) is 11.7. The van der Waals surface area contributed by atoms with E-state index in [1.807, 2.05) is 4.90 Å². The molecule has 1 aromatic carbocycles. The van der Waals surface area contributed by atoms with E-state index in [4.69, 9.17) is 9.47 Å². The average Bonchev–Trinajstić information content (AvgIpc) is 3.07. The number of nitrogens with zero attached hydrogens (tertiary/aromatic N) is 1. The summed E-state index contributed by atoms with van der Waals surface area (Å²) in [5.41, 5.74) is 0.615. The molecule has 0 radical (unpaired) electrons. The smallest absolute Gasteiger partial charge is 0.253 e. The molecule has 0 atom stereocenters. The molecule has 2 heterocycles. The zero-order valence-electron chi connectivity index (χ0n) is 14.0. The Hall–Kier alpha value is -2.24. The van der Waals surface area contributed by atoms with Gasteiger partial charge in [0, 0.05) is 31.1 Å². The lowest BCUT2D eigenvalue weighted by atomic mass is 10.0. The SMILES string of the molecule is CCCCC(=O)NC1CCN(C(=O)c2ccc3c(c2)OCO3)CC1. The molecule has 1 saturated heterocycles. The third kappa shape index (κ3) is 3.80. The van der Waals surface area contributed by atoms with Crippen molar-refractivity contribution in [2.75, 3.05) is 19.9 Å². The van der Waals surface area contributed by atoms with Crippen LogP contribution in [-0.2, 0) is 4.79 Å². The van der Waals surface area contributed by atoms with Crippen molar-refractivity contribution in [3.8, 4) is 11.5 Å². The molecule has 1 N–H and O–H groups in total. The second-order valence-corrected chi connectivity index (χ2v) is 6.31. The topological polar surface area (TPSA) is 67.9 Å². The van der Waals surface area contributed by atoms with Crippen LogP contribution in [0.3, 0.4) is 0 Å². The summed E-state index contributed by atoms with van der Waals surface area (Å²) in [4.78, 5) is 26.2. The van der Waals surface area contributed by atoms with Crippen LogP contribution in [0.4, 0.5) is 0 Å². The van der Waals surface area contributed by atoms with Crippen LogP contribution in [0.15, 0.2) is 18.2 Å². The maximum atomic E-state index is 12.6. The molecule has 0 aromatic heterocycles. The summed E-state index contributed by atoms with van der Waals surface area (Å²) in [5, 5.41) is 3.07. The highest BCUT2D eigenvalue weighted by Gasteiger charge is 2.25. The van der Waals surface area contributed by atoms with Gasteiger partial charge in [-0.2, -0.15) is 0 Å². The molecule has 1 aromatic rings. The van der Waals surface area contributed by atoms with Crippen LogP contribution in [0, 0.1) is 0 Å². The molecule has 0 spiro atoms. The van der Waals surface area contributed by atoms with Gasteiger partial charge in [0.15, 0.2) is 11.5 Å². The Kier molecular flexibility index (Phi) is 5.23. The van der Waals surface area contributed by atoms with Crippen molar-refractivity contribution in [1.29, 1.82) is 0 Å². The van der Waals surface area contributed by atoms with E-state index in [1.165, 1.54) is 0 Å². The number of likely N-dealkylation sites (tertiary alicyclic amines) is 1. The Labute approximate surface area is 142 Å². The van der Waals surface area contributed by atoms with Gasteiger partial charge in [-0.15, -0.1) is 0 Å². The van der Waals surface area contributed by atoms with Crippen molar-refractivity contribution in [2.24, 2.45) is 0 Å². The Morgan fingerprint density at radius 3 is 2.71 bits per heavy atom. The van der Waals surface area contributed by atoms with Crippen LogP contribution >= 0.6 is 0 Å². The Morgan fingerprint density at radius 1 is 1.21 bits per heavy atom. The zero-order valence-corrected chi connectivity index (χ0v) is 14.0. The van der Waals surface area contributed by atoms with Crippen LogP contribution in [0.1, 0.15) is 49.4 Å². The van der Waals surface area contributed by atoms with E-state index in [1.54, 1.807) is 18.2 Å². The summed E-state index contributed by atoms with van der Waals surface area (Å²) in [6.45, 7) is 3.60. The van der Waals surface area contributed by atoms with Crippen LogP contribution < -0.4 is 14.8 Å². The Bertz CT molecular complexity index is 609. The minimum Gasteiger partial charge on any atom is -0.454 e. The molecule has 2 amide bonds. The largest absolute Gasteiger partial charge is 0.454 e. The lowest BCUT2D eigenvalue weighted by Gasteiger charge is -2.32. The number of nitrogens with one attached hydrogen (secondary N) is 1. The third-order valence-electron chi connectivity index (χ3n) is 4.52. The molecule has 0 aliphatic carbocycles. The van der Waals surface area contributed by atoms with Gasteiger partial charge in [0.25, 0.3) is 5.91 Å². The van der Waals surface area contributed by atoms with Gasteiger partial charge in [0.1, 0.15) is 0 Å². The maximum absolute atomic E-state index is 12.6. The number of fused-ring (bicyclic) bond motifs is 1. The molecular weight excluding hydrogens is 308 g/mol. The van der Waals surface area contributed by atoms with Crippen LogP contribution in [0.2, 0.25) is 0 Å². The minimum atomic E-state index is 0.00376. The van der Waals surface area contributed by atoms with Crippen molar-refractivity contribution < 1.29 is 19.1 Å². The molecule has 6 nitrogen and oxygen atoms in total. The van der Waals surface area contributed by atoms with E-state index in [-0.39, 0.29) is 24.6 Å². The number of piperidine rings is 1. The molecule has 6 heteroatoms. The minimum absolute atomic E-state index is 0.00376. The van der Waals surface area contributed by atoms with Crippen molar-refractivity contribution in [2.45, 2.75) is 45.1 Å². The summed E-state index contributed by atoms with van der Waals surface area (Å²) in [6, 6.07) is 5.46. The molecule has 3 rings (SSSR count). The molecule has 1 fully saturated rings. The summed E-state index contributed by atoms with van der Waals surface area (Å²) in [5.74, 6) is 1.43. The van der Waals surface area contributed by atoms with Gasteiger partial charge >= 0.3 is 0 Å². The average molecular weight is 332 g/mol. The molecule has 2 aliphatic rings. The fraction of sp³-hybridized carbons (Fsp3) is 0.556. The fourth-order valence-corrected chi connectivity index (χ4v) is 3.08. The van der Waals surface area contributed by atoms with Gasteiger partial charge in [-0.1, -0.05) is 13.3 Å². The predicted octanol–water partition coefficient (Wildman–Crippen LogP) is 2.33. The lowest BCUT2D eigenvalue weighted by molar-refractivity contribution is -0.122. The van der Waals surface area contributed by atoms with Gasteiger partial charge in [0.05, 0.1) is 0 Å². The molecule has 2 aliphatic heterocycles. The van der Waals surface area contributed by atoms with E-state index in [2.05, 4.69) is 12.2 Å². The summed E-state index contributed by atoms with van der Waals surface area (Å²) < 4.78 is 10.6. The molecule has 24 heavy (non-hydrogen) atoms. The van der Waals surface area contributed by atoms with Gasteiger partial charge in [-0.05, 0) is 37.5 Å². The summed E-state index contributed by atoms with van der Waals surface area (Å²) >= 11 is 0. The molecule has 0 saturated carbocycles. The Morgan fingerprint density at radius 2 is 1.96 bits per heavy atom. The number of ether oxygens (including phenoxy) is 2. The van der Waals surface area contributed by atoms with Crippen molar-refractivity contribution in [3.63, 3.8) is 0 Å². The third-order valence-corrected chi connectivity index (χ3v) is 4.52. The summed E-state index contributed by atoms with van der Waals surface area (Å²) in [7, 11) is 0. The molecule has 0 unspecified atom stereocenters. The fourth-order valence-electron chi connectivity index (χ4n) is 3.08. The Balaban J connectivity index is 1.51. The van der Waals surface area contributed by atoms with Gasteiger partial charge in [-0.3, -0.25) is 9.59 Å². The monoisotopic (exact) mass is 332 g/mol. The first-order valence-electron chi connectivity index (χ1n) is 8.65. The predicted molar refractivity (Wildman–Crippen MR) is 89.2 cm³/mol. The van der Waals surface area contributed by atoms with E-state index < -0.39 is 0 Å². The lowest BCUT2D eigenvalue weighted by Crippen LogP contribution is -2.46. The highest BCUT2D eigenvalue weighted by molar-refractivity contribution is 5.95. The van der Waals surface area contributed by atoms with E-state index in [0.29, 0.717) is 36.6 Å². The number of rotatable bonds is 5. The highest BCUT2D eigenvalue weighted by Crippen LogP contribution is 2.33. The number of carbonyl (C=O) groups excluding carboxylic acids is 2. The number of hydrogen-bond acceptors (Lipinski definition) is 4. The van der Waals surface area contributed by atoms with Gasteiger partial charge in [-0.25, -0.2) is 0 Å². The zero-order chi connectivity index (χ0) is 16.9. The standard InChI is InChI=1S/C18H24N2O4/c1-2-3-4-17(21)19-14-7-9-20(10-8-14)18(22)13-5-6-15-16(11-13)24-12-23-15/h5-6,11,14H,2-4,7-10,12H2,1H3,(H,19,21). The number of carbonyl (C=O) groups is 2. The van der Waals surface area contributed by atoms with Gasteiger partial charge < -0.3 is 19.7 Å². The number of amides is 2. The number of benzene rings is 1. The first kappa shape index (κ1) is 16.6. The number of hydrogen-bond donors (Lipinski definition) is 1. The van der Waals surface area contributed by atoms with E-state index >= 15 is 0 Å². The quantitative estimate of drug-likeness (QED) is 0.898. The van der Waals surface area contributed by atoms with Crippen molar-refractivity contribution in [3.05, 3.63) is 23.8 Å². The van der Waals surface area contributed by atoms with Gasteiger partial charge in [0.2, 0.25) is 12.7 Å². The highest BCUT2D eigenvalue weighted by atomic mass is 16.7. The summed E-state index contributed by atoms with van der Waals surface area (Å²) in [6.07, 6.45) is 4.14. The van der Waals surface area contributed by atoms with Crippen molar-refractivity contribution >= 4 is 11.8 Å². The van der Waals surface area contributed by atoms with E-state index in [0.717, 1.165) is 25.7 Å². The maximum Gasteiger partial charge on any atom is 0.253 e. The van der Waals surface area contributed by atoms with Crippen molar-refractivity contribution in [1.82, 2.24) is 10.2 Å². The molecular formula is C18H24N2O4. The number of unbranched alkanes of at least 4 members (excludes halogenated alkanes) is 1. The van der Waals surface area contributed by atoms with Crippen LogP contribution in [0.5, 0.6) is 11.5 Å². The van der Waals surface area contributed by atoms with Crippen LogP contribution in [-0.4, -0.2) is 42.6 Å². The first-order valence-corrected chi connectivity index (χ1v) is 8.65. The second-order valence-electron chi connectivity index (χ2n) is 6.31. The van der Waals surface area contributed by atoms with Crippen LogP contribution in [0.25, 0.3) is 0 Å². The normalized spacial score (nSPS) is 17.0.